The number of nitrogens with one attached hydrogen (secondary N) is 1. The van der Waals surface area contributed by atoms with Gasteiger partial charge in [0.15, 0.2) is 0 Å². The molecule has 2 aliphatic carbocycles. The maximum absolute atomic E-state index is 12.4. The van der Waals surface area contributed by atoms with Crippen LogP contribution in [0, 0.1) is 11.3 Å². The number of amides is 3. The molecule has 0 spiro atoms. The Morgan fingerprint density at radius 1 is 1.43 bits per heavy atom. The number of nitriles is 1. The number of carbonyl (C=O) groups excluding carboxylic acids is 2. The van der Waals surface area contributed by atoms with Crippen molar-refractivity contribution in [3.63, 3.8) is 0 Å². The normalized spacial score (nSPS) is 25.9. The molecule has 1 unspecified atom stereocenters. The van der Waals surface area contributed by atoms with E-state index in [1.165, 1.54) is 36.9 Å². The van der Waals surface area contributed by atoms with Crippen LogP contribution in [0.1, 0.15) is 12.8 Å². The molecule has 120 valence electrons. The van der Waals surface area contributed by atoms with Crippen LogP contribution in [0.2, 0.25) is 0 Å². The first-order chi connectivity index (χ1) is 10.7. The monoisotopic (exact) mass is 335 g/mol. The van der Waals surface area contributed by atoms with E-state index in [0.29, 0.717) is 18.6 Å². The molecule has 0 saturated heterocycles. The lowest BCUT2D eigenvalue weighted by Gasteiger charge is -2.23. The molecule has 0 radical (unpaired) electrons. The molecule has 0 aromatic rings. The number of nitrogens with zero attached hydrogens (tertiary/aromatic N) is 3. The fourth-order valence-electron chi connectivity index (χ4n) is 2.54. The Bertz CT molecular complexity index is 856. The molecule has 9 heteroatoms. The highest BCUT2D eigenvalue weighted by molar-refractivity contribution is 7.90. The lowest BCUT2D eigenvalue weighted by Crippen LogP contribution is -2.49. The molecule has 0 aromatic heterocycles. The first kappa shape index (κ1) is 15.6. The van der Waals surface area contributed by atoms with Gasteiger partial charge in [0.1, 0.15) is 22.1 Å². The van der Waals surface area contributed by atoms with Gasteiger partial charge in [0.05, 0.1) is 20.2 Å². The van der Waals surface area contributed by atoms with Crippen molar-refractivity contribution in [2.75, 3.05) is 14.1 Å². The minimum atomic E-state index is -3.84. The molecule has 8 nitrogen and oxygen atoms in total. The summed E-state index contributed by atoms with van der Waals surface area (Å²) in [7, 11) is -0.981. The zero-order chi connectivity index (χ0) is 17.0. The Hall–Kier alpha value is -2.31. The average molecular weight is 335 g/mol. The number of sulfonamides is 1. The summed E-state index contributed by atoms with van der Waals surface area (Å²) in [6.45, 7) is 0. The van der Waals surface area contributed by atoms with E-state index >= 15 is 0 Å². The maximum atomic E-state index is 12.4. The van der Waals surface area contributed by atoms with Gasteiger partial charge in [0, 0.05) is 0 Å². The van der Waals surface area contributed by atoms with E-state index in [0.717, 1.165) is 4.90 Å². The van der Waals surface area contributed by atoms with Gasteiger partial charge < -0.3 is 0 Å². The maximum Gasteiger partial charge on any atom is 0.501 e. The van der Waals surface area contributed by atoms with Crippen LogP contribution in [-0.2, 0) is 14.8 Å². The van der Waals surface area contributed by atoms with Crippen molar-refractivity contribution in [1.29, 1.82) is 5.26 Å². The van der Waals surface area contributed by atoms with Crippen molar-refractivity contribution in [3.05, 3.63) is 23.8 Å². The number of imide groups is 1. The molecule has 3 amide bonds. The fourth-order valence-corrected chi connectivity index (χ4v) is 4.08. The third-order valence-corrected chi connectivity index (χ3v) is 5.87. The molecule has 23 heavy (non-hydrogen) atoms. The summed E-state index contributed by atoms with van der Waals surface area (Å²) in [6, 6.07) is 1.49. The van der Waals surface area contributed by atoms with Gasteiger partial charge in [-0.2, -0.15) is 24.3 Å². The third kappa shape index (κ3) is 2.40. The number of rotatable bonds is 3. The van der Waals surface area contributed by atoms with E-state index in [4.69, 9.17) is 5.26 Å². The highest BCUT2D eigenvalue weighted by atomic mass is 32.2. The van der Waals surface area contributed by atoms with Gasteiger partial charge in [0.2, 0.25) is 10.0 Å². The molecule has 3 aliphatic rings. The molecule has 0 aromatic carbocycles. The predicted octanol–water partition coefficient (Wildman–Crippen LogP) is -0.498. The molecule has 1 aliphatic heterocycles. The van der Waals surface area contributed by atoms with Crippen LogP contribution in [0.4, 0.5) is 4.79 Å². The molecule has 0 bridgehead atoms. The molecule has 1 fully saturated rings. The van der Waals surface area contributed by atoms with Crippen LogP contribution in [0.25, 0.3) is 0 Å². The van der Waals surface area contributed by atoms with Crippen molar-refractivity contribution in [2.24, 2.45) is 0 Å². The van der Waals surface area contributed by atoms with E-state index in [9.17, 15) is 18.0 Å². The van der Waals surface area contributed by atoms with Gasteiger partial charge in [-0.1, -0.05) is 6.08 Å². The summed E-state index contributed by atoms with van der Waals surface area (Å²) in [6.07, 6.45) is 5.12. The van der Waals surface area contributed by atoms with Crippen LogP contribution >= 0.6 is 0 Å². The molecule has 1 N–H and O–H groups in total. The van der Waals surface area contributed by atoms with Crippen molar-refractivity contribution < 1.29 is 22.6 Å². The summed E-state index contributed by atoms with van der Waals surface area (Å²) >= 11 is 0. The Morgan fingerprint density at radius 2 is 2.09 bits per heavy atom. The summed E-state index contributed by atoms with van der Waals surface area (Å²) in [5, 5.41) is 7.96. The van der Waals surface area contributed by atoms with Gasteiger partial charge in [-0.05, 0) is 25.0 Å². The van der Waals surface area contributed by atoms with Gasteiger partial charge in [-0.25, -0.2) is 13.2 Å². The lowest BCUT2D eigenvalue weighted by molar-refractivity contribution is -0.401. The highest BCUT2D eigenvalue weighted by Crippen LogP contribution is 2.36. The largest absolute Gasteiger partial charge is 0.501 e. The van der Waals surface area contributed by atoms with Crippen LogP contribution < -0.4 is 4.72 Å². The minimum Gasteiger partial charge on any atom is -0.241 e. The molecular formula is C14H15N4O4S+. The zero-order valence-corrected chi connectivity index (χ0v) is 13.4. The predicted molar refractivity (Wildman–Crippen MR) is 80.0 cm³/mol. The smallest absolute Gasteiger partial charge is 0.241 e. The van der Waals surface area contributed by atoms with E-state index in [1.807, 2.05) is 6.07 Å². The Morgan fingerprint density at radius 3 is 2.65 bits per heavy atom. The van der Waals surface area contributed by atoms with Crippen molar-refractivity contribution in [2.45, 2.75) is 23.6 Å². The number of fused-ring (bicyclic) bond motifs is 1. The van der Waals surface area contributed by atoms with Crippen molar-refractivity contribution >= 4 is 27.7 Å². The van der Waals surface area contributed by atoms with E-state index < -0.39 is 32.8 Å². The van der Waals surface area contributed by atoms with Crippen LogP contribution in [-0.4, -0.2) is 60.4 Å². The van der Waals surface area contributed by atoms with Crippen molar-refractivity contribution in [3.8, 4) is 6.07 Å². The second kappa shape index (κ2) is 4.84. The Labute approximate surface area is 133 Å². The average Bonchev–Trinajstić information content (AvgIpc) is 3.29. The van der Waals surface area contributed by atoms with E-state index in [1.54, 1.807) is 0 Å². The zero-order valence-electron chi connectivity index (χ0n) is 12.6. The standard InChI is InChI=1S/C14H15N4O4S/c1-17-11-4-3-9(7-10(11)12(19)18(2)13(17)20)23(21,22)16-14(8-15)5-6-14/h3-4,7,9,16H,5-6H2,1-2H3/q+1. The first-order valence-corrected chi connectivity index (χ1v) is 8.52. The highest BCUT2D eigenvalue weighted by Gasteiger charge is 2.48. The van der Waals surface area contributed by atoms with Crippen LogP contribution in [0.15, 0.2) is 23.8 Å². The lowest BCUT2D eigenvalue weighted by atomic mass is 10.0. The van der Waals surface area contributed by atoms with Gasteiger partial charge in [0.25, 0.3) is 0 Å². The van der Waals surface area contributed by atoms with E-state index in [2.05, 4.69) is 4.72 Å². The van der Waals surface area contributed by atoms with Gasteiger partial charge in [-0.15, -0.1) is 0 Å². The summed E-state index contributed by atoms with van der Waals surface area (Å²) in [5.74, 6) is -0.547. The molecule has 1 heterocycles. The summed E-state index contributed by atoms with van der Waals surface area (Å²) in [5.41, 5.74) is -0.491. The number of allylic oxidation sites excluding steroid dienone is 1. The number of urea groups is 1. The van der Waals surface area contributed by atoms with Crippen LogP contribution in [0.3, 0.4) is 0 Å². The van der Waals surface area contributed by atoms with Gasteiger partial charge >= 0.3 is 11.9 Å². The number of hydrogen-bond donors (Lipinski definition) is 1. The second-order valence-corrected chi connectivity index (χ2v) is 7.67. The summed E-state index contributed by atoms with van der Waals surface area (Å²) in [4.78, 5) is 25.0. The quantitative estimate of drug-likeness (QED) is 0.699. The second-order valence-electron chi connectivity index (χ2n) is 5.84. The first-order valence-electron chi connectivity index (χ1n) is 6.98. The van der Waals surface area contributed by atoms with E-state index in [-0.39, 0.29) is 5.57 Å². The molecule has 1 saturated carbocycles. The summed E-state index contributed by atoms with van der Waals surface area (Å²) < 4.78 is 28.6. The SMILES string of the molecule is CN1C(=O)C2=CC(S(=O)(=O)NC3(C#N)CC3)C=CC2=[N+](C)C1=O. The third-order valence-electron chi connectivity index (χ3n) is 4.18. The number of carbonyl (C=O) groups is 2. The molecular weight excluding hydrogens is 320 g/mol. The Balaban J connectivity index is 1.98. The topological polar surface area (TPSA) is 110 Å². The fraction of sp³-hybridized carbons (Fsp3) is 0.429. The Kier molecular flexibility index (Phi) is 3.28. The number of hydrogen-bond acceptors (Lipinski definition) is 5. The van der Waals surface area contributed by atoms with Gasteiger partial charge in [-0.3, -0.25) is 0 Å². The number of likely N-dealkylation sites (N-methyl/N-ethyl adjacent to an activating group) is 1. The van der Waals surface area contributed by atoms with Crippen LogP contribution in [0.5, 0.6) is 0 Å². The van der Waals surface area contributed by atoms with Crippen molar-refractivity contribution in [1.82, 2.24) is 9.62 Å². The minimum absolute atomic E-state index is 0.161. The molecule has 3 rings (SSSR count). The molecule has 1 atom stereocenters.